The minimum Gasteiger partial charge on any atom is -0.429 e. The van der Waals surface area contributed by atoms with Crippen LogP contribution in [-0.4, -0.2) is 28.0 Å². The van der Waals surface area contributed by atoms with Gasteiger partial charge in [-0.3, -0.25) is 4.79 Å². The lowest BCUT2D eigenvalue weighted by Gasteiger charge is -2.17. The van der Waals surface area contributed by atoms with Crippen molar-refractivity contribution in [2.75, 3.05) is 7.05 Å². The van der Waals surface area contributed by atoms with Crippen molar-refractivity contribution in [1.82, 2.24) is 15.0 Å². The Balaban J connectivity index is 1.86. The van der Waals surface area contributed by atoms with Crippen molar-refractivity contribution in [2.24, 2.45) is 0 Å². The highest BCUT2D eigenvalue weighted by Crippen LogP contribution is 2.19. The molecule has 0 saturated heterocycles. The zero-order valence-electron chi connectivity index (χ0n) is 12.5. The largest absolute Gasteiger partial charge is 0.429 e. The maximum absolute atomic E-state index is 12.5. The number of H-pyrrole nitrogens is 1. The van der Waals surface area contributed by atoms with E-state index < -0.39 is 0 Å². The molecule has 1 N–H and O–H groups in total. The van der Waals surface area contributed by atoms with Crippen molar-refractivity contribution < 1.29 is 13.7 Å². The average molecular weight is 317 g/mol. The molecule has 0 aliphatic carbocycles. The molecule has 0 radical (unpaired) electrons. The van der Waals surface area contributed by atoms with Crippen LogP contribution in [0.5, 0.6) is 0 Å². The number of aromatic amines is 1. The number of nitrogens with one attached hydrogen (secondary N) is 1. The minimum atomic E-state index is -0.107. The smallest absolute Gasteiger partial charge is 0.266 e. The number of carbonyl (C=O) groups is 1. The molecule has 0 aliphatic heterocycles. The Morgan fingerprint density at radius 3 is 2.86 bits per heavy atom. The SMILES string of the molecule is Cc1noc(C)c1CN(C)C(=O)c1ccc2[nH]c(=S)oc2c1. The first-order valence-corrected chi connectivity index (χ1v) is 7.16. The van der Waals surface area contributed by atoms with Gasteiger partial charge in [0.15, 0.2) is 5.58 Å². The van der Waals surface area contributed by atoms with Gasteiger partial charge in [0.1, 0.15) is 5.76 Å². The number of nitrogens with zero attached hydrogens (tertiary/aromatic N) is 2. The van der Waals surface area contributed by atoms with E-state index >= 15 is 0 Å². The van der Waals surface area contributed by atoms with Gasteiger partial charge in [-0.1, -0.05) is 5.16 Å². The summed E-state index contributed by atoms with van der Waals surface area (Å²) in [6.07, 6.45) is 0. The van der Waals surface area contributed by atoms with Gasteiger partial charge < -0.3 is 18.8 Å². The number of rotatable bonds is 3. The van der Waals surface area contributed by atoms with Crippen molar-refractivity contribution in [3.8, 4) is 0 Å². The van der Waals surface area contributed by atoms with Crippen LogP contribution < -0.4 is 0 Å². The molecule has 22 heavy (non-hydrogen) atoms. The first-order valence-electron chi connectivity index (χ1n) is 6.76. The molecule has 1 aromatic carbocycles. The van der Waals surface area contributed by atoms with Gasteiger partial charge in [0, 0.05) is 18.2 Å². The molecular formula is C15H15N3O3S. The number of amides is 1. The van der Waals surface area contributed by atoms with Crippen molar-refractivity contribution in [2.45, 2.75) is 20.4 Å². The Morgan fingerprint density at radius 2 is 2.18 bits per heavy atom. The van der Waals surface area contributed by atoms with E-state index in [-0.39, 0.29) is 5.91 Å². The molecule has 1 amide bonds. The van der Waals surface area contributed by atoms with Crippen LogP contribution in [0.4, 0.5) is 0 Å². The highest BCUT2D eigenvalue weighted by atomic mass is 32.1. The van der Waals surface area contributed by atoms with Crippen LogP contribution in [0.2, 0.25) is 0 Å². The van der Waals surface area contributed by atoms with Gasteiger partial charge in [-0.15, -0.1) is 0 Å². The first-order chi connectivity index (χ1) is 10.5. The molecule has 3 rings (SSSR count). The Labute approximate surface area is 131 Å². The lowest BCUT2D eigenvalue weighted by molar-refractivity contribution is 0.0784. The van der Waals surface area contributed by atoms with E-state index in [1.54, 1.807) is 30.1 Å². The summed E-state index contributed by atoms with van der Waals surface area (Å²) in [5.41, 5.74) is 3.61. The lowest BCUT2D eigenvalue weighted by Crippen LogP contribution is -2.26. The monoisotopic (exact) mass is 317 g/mol. The summed E-state index contributed by atoms with van der Waals surface area (Å²) in [7, 11) is 1.74. The Kier molecular flexibility index (Phi) is 3.58. The van der Waals surface area contributed by atoms with Gasteiger partial charge in [-0.05, 0) is 44.3 Å². The van der Waals surface area contributed by atoms with E-state index in [4.69, 9.17) is 21.2 Å². The number of oxazole rings is 1. The topological polar surface area (TPSA) is 75.3 Å². The second-order valence-electron chi connectivity index (χ2n) is 5.19. The van der Waals surface area contributed by atoms with Crippen molar-refractivity contribution in [3.63, 3.8) is 0 Å². The number of carbonyl (C=O) groups excluding carboxylic acids is 1. The Morgan fingerprint density at radius 1 is 1.41 bits per heavy atom. The highest BCUT2D eigenvalue weighted by molar-refractivity contribution is 7.71. The molecule has 0 saturated carbocycles. The number of hydrogen-bond donors (Lipinski definition) is 1. The molecule has 3 aromatic rings. The molecule has 2 aromatic heterocycles. The van der Waals surface area contributed by atoms with Crippen LogP contribution in [0.25, 0.3) is 11.1 Å². The Hall–Kier alpha value is -2.41. The maximum Gasteiger partial charge on any atom is 0.266 e. The zero-order valence-corrected chi connectivity index (χ0v) is 13.3. The number of hydrogen-bond acceptors (Lipinski definition) is 5. The average Bonchev–Trinajstić information content (AvgIpc) is 3.01. The summed E-state index contributed by atoms with van der Waals surface area (Å²) >= 11 is 4.94. The van der Waals surface area contributed by atoms with E-state index in [0.717, 1.165) is 22.5 Å². The molecule has 0 aliphatic rings. The third kappa shape index (κ3) is 2.55. The van der Waals surface area contributed by atoms with Gasteiger partial charge in [0.05, 0.1) is 17.8 Å². The molecule has 2 heterocycles. The van der Waals surface area contributed by atoms with Crippen molar-refractivity contribution in [1.29, 1.82) is 0 Å². The van der Waals surface area contributed by atoms with E-state index in [2.05, 4.69) is 10.1 Å². The van der Waals surface area contributed by atoms with Crippen LogP contribution >= 0.6 is 12.2 Å². The second-order valence-corrected chi connectivity index (χ2v) is 5.56. The molecule has 6 nitrogen and oxygen atoms in total. The van der Waals surface area contributed by atoms with Crippen LogP contribution in [0.15, 0.2) is 27.1 Å². The molecule has 0 unspecified atom stereocenters. The number of fused-ring (bicyclic) bond motifs is 1. The van der Waals surface area contributed by atoms with E-state index in [0.29, 0.717) is 22.5 Å². The molecule has 114 valence electrons. The summed E-state index contributed by atoms with van der Waals surface area (Å²) in [5.74, 6) is 0.619. The maximum atomic E-state index is 12.5. The molecule has 7 heteroatoms. The van der Waals surface area contributed by atoms with Crippen LogP contribution in [0.3, 0.4) is 0 Å². The van der Waals surface area contributed by atoms with Gasteiger partial charge in [-0.2, -0.15) is 0 Å². The normalized spacial score (nSPS) is 11.0. The minimum absolute atomic E-state index is 0.107. The lowest BCUT2D eigenvalue weighted by atomic mass is 10.1. The van der Waals surface area contributed by atoms with Gasteiger partial charge in [0.2, 0.25) is 0 Å². The summed E-state index contributed by atoms with van der Waals surface area (Å²) in [6.45, 7) is 4.14. The van der Waals surface area contributed by atoms with E-state index in [9.17, 15) is 4.79 Å². The van der Waals surface area contributed by atoms with Crippen molar-refractivity contribution in [3.05, 3.63) is 45.6 Å². The molecule has 0 bridgehead atoms. The quantitative estimate of drug-likeness (QED) is 0.750. The summed E-state index contributed by atoms with van der Waals surface area (Å²) in [5, 5.41) is 3.90. The third-order valence-electron chi connectivity index (χ3n) is 3.59. The van der Waals surface area contributed by atoms with E-state index in [1.807, 2.05) is 13.8 Å². The van der Waals surface area contributed by atoms with Crippen LogP contribution in [0.1, 0.15) is 27.4 Å². The predicted octanol–water partition coefficient (Wildman–Crippen LogP) is 3.37. The summed E-state index contributed by atoms with van der Waals surface area (Å²) in [4.78, 5) is 17.4. The van der Waals surface area contributed by atoms with Crippen LogP contribution in [-0.2, 0) is 6.54 Å². The summed E-state index contributed by atoms with van der Waals surface area (Å²) < 4.78 is 10.5. The molecular weight excluding hydrogens is 302 g/mol. The van der Waals surface area contributed by atoms with Crippen LogP contribution in [0, 0.1) is 18.7 Å². The number of aromatic nitrogens is 2. The fraction of sp³-hybridized carbons (Fsp3) is 0.267. The van der Waals surface area contributed by atoms with Gasteiger partial charge >= 0.3 is 0 Å². The molecule has 0 spiro atoms. The fourth-order valence-electron chi connectivity index (χ4n) is 2.34. The zero-order chi connectivity index (χ0) is 15.9. The molecule has 0 fully saturated rings. The van der Waals surface area contributed by atoms with Gasteiger partial charge in [0.25, 0.3) is 10.7 Å². The van der Waals surface area contributed by atoms with Crippen molar-refractivity contribution >= 4 is 29.2 Å². The van der Waals surface area contributed by atoms with E-state index in [1.165, 1.54) is 0 Å². The van der Waals surface area contributed by atoms with Gasteiger partial charge in [-0.25, -0.2) is 0 Å². The third-order valence-corrected chi connectivity index (χ3v) is 3.78. The number of aryl methyl sites for hydroxylation is 2. The second kappa shape index (κ2) is 5.42. The standard InChI is InChI=1S/C15H15N3O3S/c1-8-11(9(2)21-17-8)7-18(3)14(19)10-4-5-12-13(6-10)20-15(22)16-12/h4-6H,7H2,1-3H3,(H,16,22). The fourth-order valence-corrected chi connectivity index (χ4v) is 2.54. The molecule has 0 atom stereocenters. The Bertz CT molecular complexity index is 887. The number of benzene rings is 1. The first kappa shape index (κ1) is 14.5. The highest BCUT2D eigenvalue weighted by Gasteiger charge is 2.17. The summed E-state index contributed by atoms with van der Waals surface area (Å²) in [6, 6.07) is 5.22. The predicted molar refractivity (Wildman–Crippen MR) is 83.2 cm³/mol.